The molecule has 2 rings (SSSR count). The molecule has 0 radical (unpaired) electrons. The zero-order chi connectivity index (χ0) is 16.3. The summed E-state index contributed by atoms with van der Waals surface area (Å²) in [6.45, 7) is 5.26. The average molecular weight is 319 g/mol. The van der Waals surface area contributed by atoms with E-state index in [2.05, 4.69) is 16.8 Å². The third kappa shape index (κ3) is 2.89. The first-order chi connectivity index (χ1) is 10.5. The largest absolute Gasteiger partial charge is 0.398 e. The maximum atomic E-state index is 12.9. The average Bonchev–Trinajstić information content (AvgIpc) is 2.55. The predicted molar refractivity (Wildman–Crippen MR) is 87.8 cm³/mol. The minimum absolute atomic E-state index is 0.0296. The van der Waals surface area contributed by atoms with Crippen LogP contribution >= 0.6 is 12.1 Å². The van der Waals surface area contributed by atoms with Gasteiger partial charge in [0.05, 0.1) is 28.3 Å². The number of aromatic amines is 2. The van der Waals surface area contributed by atoms with Gasteiger partial charge in [-0.3, -0.25) is 19.8 Å². The first-order valence-electron chi connectivity index (χ1n) is 6.32. The molecule has 0 aliphatic carbocycles. The highest BCUT2D eigenvalue weighted by Gasteiger charge is 2.10. The summed E-state index contributed by atoms with van der Waals surface area (Å²) in [6, 6.07) is 8.97. The summed E-state index contributed by atoms with van der Waals surface area (Å²) in [6.07, 6.45) is 0. The topological polar surface area (TPSA) is 91.7 Å². The number of hydrogen-bond donors (Lipinski definition) is 3. The highest BCUT2D eigenvalue weighted by molar-refractivity contribution is 8.03. The molecule has 0 fully saturated rings. The number of hydrogen-bond acceptors (Lipinski definition) is 4. The minimum atomic E-state index is -0.624. The van der Waals surface area contributed by atoms with Crippen LogP contribution in [0.25, 0.3) is 16.2 Å². The summed E-state index contributed by atoms with van der Waals surface area (Å²) >= 11 is -0.115. The van der Waals surface area contributed by atoms with E-state index in [0.29, 0.717) is 11.1 Å². The van der Waals surface area contributed by atoms with E-state index in [9.17, 15) is 13.5 Å². The van der Waals surface area contributed by atoms with Gasteiger partial charge in [-0.1, -0.05) is 36.9 Å². The van der Waals surface area contributed by atoms with Gasteiger partial charge >= 0.3 is 0 Å². The van der Waals surface area contributed by atoms with Crippen molar-refractivity contribution in [3.05, 3.63) is 73.6 Å². The van der Waals surface area contributed by atoms with Gasteiger partial charge in [0, 0.05) is 4.91 Å². The van der Waals surface area contributed by atoms with Crippen molar-refractivity contribution in [3.8, 4) is 0 Å². The van der Waals surface area contributed by atoms with Crippen molar-refractivity contribution in [1.82, 2.24) is 10.2 Å². The fraction of sp³-hybridized carbons (Fsp3) is 0.0667. The van der Waals surface area contributed by atoms with Gasteiger partial charge in [-0.05, 0) is 18.1 Å². The van der Waals surface area contributed by atoms with E-state index in [-0.39, 0.29) is 33.2 Å². The van der Waals surface area contributed by atoms with Gasteiger partial charge < -0.3 is 5.73 Å². The van der Waals surface area contributed by atoms with Crippen molar-refractivity contribution in [2.45, 2.75) is 6.92 Å². The van der Waals surface area contributed by atoms with Crippen LogP contribution in [0.15, 0.2) is 46.5 Å². The molecular weight excluding hydrogens is 305 g/mol. The number of benzene rings is 1. The predicted octanol–water partition coefficient (Wildman–Crippen LogP) is 0.589. The Morgan fingerprint density at radius 2 is 1.68 bits per heavy atom. The molecule has 114 valence electrons. The van der Waals surface area contributed by atoms with Crippen molar-refractivity contribution in [1.29, 1.82) is 0 Å². The third-order valence-electron chi connectivity index (χ3n) is 3.18. The fourth-order valence-corrected chi connectivity index (χ4v) is 2.31. The summed E-state index contributed by atoms with van der Waals surface area (Å²) < 4.78 is 12.9. The second-order valence-electron chi connectivity index (χ2n) is 4.55. The number of aromatic nitrogens is 2. The molecule has 1 aromatic heterocycles. The zero-order valence-electron chi connectivity index (χ0n) is 11.8. The zero-order valence-corrected chi connectivity index (χ0v) is 12.6. The number of halogens is 1. The molecule has 7 heteroatoms. The van der Waals surface area contributed by atoms with E-state index in [1.54, 1.807) is 24.3 Å². The lowest BCUT2D eigenvalue weighted by molar-refractivity contribution is 0.918. The Morgan fingerprint density at radius 3 is 2.23 bits per heavy atom. The lowest BCUT2D eigenvalue weighted by atomic mass is 10.0. The van der Waals surface area contributed by atoms with Crippen LogP contribution in [0, 0.1) is 0 Å². The number of H-pyrrole nitrogens is 2. The van der Waals surface area contributed by atoms with Crippen molar-refractivity contribution in [3.63, 3.8) is 0 Å². The van der Waals surface area contributed by atoms with E-state index in [1.807, 2.05) is 6.07 Å². The molecule has 0 unspecified atom stereocenters. The van der Waals surface area contributed by atoms with Gasteiger partial charge in [0.25, 0.3) is 11.1 Å². The molecule has 1 aromatic carbocycles. The summed E-state index contributed by atoms with van der Waals surface area (Å²) in [5.74, 6) is 0. The van der Waals surface area contributed by atoms with Crippen LogP contribution in [0.5, 0.6) is 0 Å². The van der Waals surface area contributed by atoms with Gasteiger partial charge in [0.2, 0.25) is 0 Å². The van der Waals surface area contributed by atoms with Gasteiger partial charge in [0.15, 0.2) is 0 Å². The van der Waals surface area contributed by atoms with Crippen LogP contribution < -0.4 is 27.3 Å². The number of nitrogens with two attached hydrogens (primary N) is 1. The van der Waals surface area contributed by atoms with Gasteiger partial charge in [-0.25, -0.2) is 0 Å². The molecule has 0 saturated carbocycles. The SMILES string of the molecule is C=C(/C(N)=c1/c(=O)[nH][nH]c(=O)/c1=C(/C)SF)c1ccccc1. The van der Waals surface area contributed by atoms with Crippen molar-refractivity contribution >= 4 is 28.3 Å². The summed E-state index contributed by atoms with van der Waals surface area (Å²) in [5, 5.41) is 4.18. The Balaban J connectivity index is 2.93. The van der Waals surface area contributed by atoms with Crippen molar-refractivity contribution in [2.24, 2.45) is 5.73 Å². The van der Waals surface area contributed by atoms with Crippen molar-refractivity contribution in [2.75, 3.05) is 0 Å². The van der Waals surface area contributed by atoms with Crippen LogP contribution in [-0.4, -0.2) is 10.2 Å². The Hall–Kier alpha value is -2.54. The first kappa shape index (κ1) is 15.8. The summed E-state index contributed by atoms with van der Waals surface area (Å²) in [4.78, 5) is 24.1. The monoisotopic (exact) mass is 319 g/mol. The maximum absolute atomic E-state index is 12.9. The van der Waals surface area contributed by atoms with Crippen molar-refractivity contribution < 1.29 is 3.89 Å². The van der Waals surface area contributed by atoms with Crippen LogP contribution in [0.1, 0.15) is 12.5 Å². The summed E-state index contributed by atoms with van der Waals surface area (Å²) in [7, 11) is 0. The molecule has 0 bridgehead atoms. The van der Waals surface area contributed by atoms with E-state index < -0.39 is 11.1 Å². The van der Waals surface area contributed by atoms with E-state index in [4.69, 9.17) is 5.73 Å². The molecule has 4 N–H and O–H groups in total. The molecule has 0 aliphatic heterocycles. The van der Waals surface area contributed by atoms with Crippen LogP contribution in [0.4, 0.5) is 3.89 Å². The molecule has 2 aromatic rings. The quantitative estimate of drug-likeness (QED) is 0.772. The minimum Gasteiger partial charge on any atom is -0.398 e. The Bertz CT molecular complexity index is 945. The molecule has 1 heterocycles. The lowest BCUT2D eigenvalue weighted by Gasteiger charge is -2.06. The van der Waals surface area contributed by atoms with E-state index >= 15 is 0 Å². The van der Waals surface area contributed by atoms with Gasteiger partial charge in [0.1, 0.15) is 0 Å². The Morgan fingerprint density at radius 1 is 1.14 bits per heavy atom. The normalized spacial score (nSPS) is 13.5. The number of nitrogens with one attached hydrogen (secondary N) is 2. The molecule has 0 amide bonds. The van der Waals surface area contributed by atoms with Crippen LogP contribution in [0.2, 0.25) is 0 Å². The second-order valence-corrected chi connectivity index (χ2v) is 5.32. The molecule has 0 aliphatic rings. The first-order valence-corrected chi connectivity index (χ1v) is 7.04. The van der Waals surface area contributed by atoms with Crippen LogP contribution in [0.3, 0.4) is 0 Å². The molecule has 0 atom stereocenters. The summed E-state index contributed by atoms with van der Waals surface area (Å²) in [5.41, 5.74) is 5.91. The fourth-order valence-electron chi connectivity index (χ4n) is 2.04. The second kappa shape index (κ2) is 6.48. The number of rotatable bonds is 3. The van der Waals surface area contributed by atoms with E-state index in [1.165, 1.54) is 6.92 Å². The smallest absolute Gasteiger partial charge is 0.272 e. The van der Waals surface area contributed by atoms with Crippen LogP contribution in [-0.2, 0) is 0 Å². The highest BCUT2D eigenvalue weighted by Crippen LogP contribution is 2.16. The molecule has 0 saturated heterocycles. The Labute approximate surface area is 129 Å². The molecular formula is C15H14FN3O2S. The third-order valence-corrected chi connectivity index (χ3v) is 3.61. The van der Waals surface area contributed by atoms with Gasteiger partial charge in [-0.15, -0.1) is 0 Å². The highest BCUT2D eigenvalue weighted by atomic mass is 32.2. The molecule has 5 nitrogen and oxygen atoms in total. The van der Waals surface area contributed by atoms with E-state index in [0.717, 1.165) is 0 Å². The maximum Gasteiger partial charge on any atom is 0.272 e. The van der Waals surface area contributed by atoms with Gasteiger partial charge in [-0.2, -0.15) is 3.89 Å². The molecule has 0 spiro atoms. The standard InChI is InChI=1S/C15H14FN3O2S/c1-8(10-6-4-3-5-7-10)13(17)12-11(9(2)22-16)14(20)18-19-15(12)21/h3-7H,1,17H2,2H3,(H,18,20)(H,19,21)/b11-9-,13-12-. The Kier molecular flexibility index (Phi) is 4.67. The molecule has 22 heavy (non-hydrogen) atoms. The lowest BCUT2D eigenvalue weighted by Crippen LogP contribution is -2.54.